The lowest BCUT2D eigenvalue weighted by molar-refractivity contribution is 0.456. The van der Waals surface area contributed by atoms with E-state index in [1.807, 2.05) is 11.3 Å². The Balaban J connectivity index is 1.32. The molecule has 6 aromatic carbocycles. The first-order valence-electron chi connectivity index (χ1n) is 18.7. The molecular weight excluding hydrogens is 665 g/mol. The predicted molar refractivity (Wildman–Crippen MR) is 225 cm³/mol. The van der Waals surface area contributed by atoms with Gasteiger partial charge in [-0.25, -0.2) is 0 Å². The maximum Gasteiger partial charge on any atom is 0.273 e. The smallest absolute Gasteiger partial charge is 0.273 e. The maximum atomic E-state index is 7.25. The van der Waals surface area contributed by atoms with Crippen LogP contribution >= 0.6 is 11.3 Å². The Morgan fingerprint density at radius 2 is 1.30 bits per heavy atom. The minimum Gasteiger partial charge on any atom is -0.458 e. The van der Waals surface area contributed by atoms with Gasteiger partial charge in [-0.1, -0.05) is 100 Å². The van der Waals surface area contributed by atoms with Gasteiger partial charge in [-0.2, -0.15) is 0 Å². The predicted octanol–water partition coefficient (Wildman–Crippen LogP) is 11.6. The number of thiophene rings is 1. The van der Waals surface area contributed by atoms with E-state index in [1.54, 1.807) is 0 Å². The van der Waals surface area contributed by atoms with Gasteiger partial charge in [-0.05, 0) is 109 Å². The lowest BCUT2D eigenvalue weighted by Gasteiger charge is -2.37. The summed E-state index contributed by atoms with van der Waals surface area (Å²) in [6, 6.07) is 40.6. The molecule has 0 unspecified atom stereocenters. The molecule has 0 spiro atoms. The highest BCUT2D eigenvalue weighted by Gasteiger charge is 2.48. The molecule has 2 aliphatic heterocycles. The van der Waals surface area contributed by atoms with E-state index in [-0.39, 0.29) is 17.5 Å². The molecule has 260 valence electrons. The van der Waals surface area contributed by atoms with Crippen LogP contribution in [0.5, 0.6) is 23.0 Å². The summed E-state index contributed by atoms with van der Waals surface area (Å²) in [4.78, 5) is 2.46. The van der Waals surface area contributed by atoms with E-state index < -0.39 is 0 Å². The summed E-state index contributed by atoms with van der Waals surface area (Å²) < 4.78 is 16.7. The molecule has 0 atom stereocenters. The van der Waals surface area contributed by atoms with E-state index in [4.69, 9.17) is 9.47 Å². The molecule has 3 heterocycles. The number of anilines is 3. The number of ether oxygens (including phenoxy) is 2. The summed E-state index contributed by atoms with van der Waals surface area (Å²) in [5.41, 5.74) is 15.4. The standard InChI is InChI=1S/C48H42BNO2S/c1-27-13-18-31(19-14-27)50(32-20-15-28(2)16-21-32)37-26-36-45(42-41(37)33-11-9-10-12-35(33)48(42,7)8)52-39-24-29(3)23-38-43(39)49(36)46-44(51-38)34-25-30(47(4,5)6)17-22-40(34)53-46/h9-26H,1-8H3. The molecule has 53 heavy (non-hydrogen) atoms. The van der Waals surface area contributed by atoms with E-state index in [9.17, 15) is 0 Å². The van der Waals surface area contributed by atoms with Crippen LogP contribution in [0.1, 0.15) is 68.0 Å². The summed E-state index contributed by atoms with van der Waals surface area (Å²) in [5, 5.41) is 1.19. The highest BCUT2D eigenvalue weighted by molar-refractivity contribution is 7.33. The molecule has 0 fully saturated rings. The van der Waals surface area contributed by atoms with Gasteiger partial charge in [0.2, 0.25) is 0 Å². The van der Waals surface area contributed by atoms with Crippen molar-refractivity contribution in [1.82, 2.24) is 0 Å². The molecule has 0 saturated heterocycles. The average molecular weight is 708 g/mol. The summed E-state index contributed by atoms with van der Waals surface area (Å²) in [5.74, 6) is 3.75. The lowest BCUT2D eigenvalue weighted by atomic mass is 9.37. The van der Waals surface area contributed by atoms with Crippen molar-refractivity contribution in [3.05, 3.63) is 143 Å². The number of fused-ring (bicyclic) bond motifs is 10. The quantitative estimate of drug-likeness (QED) is 0.171. The lowest BCUT2D eigenvalue weighted by Crippen LogP contribution is -2.57. The van der Waals surface area contributed by atoms with Crippen LogP contribution in [0.15, 0.2) is 109 Å². The Hall–Kier alpha value is -5.26. The first kappa shape index (κ1) is 32.4. The van der Waals surface area contributed by atoms with Crippen molar-refractivity contribution in [2.75, 3.05) is 4.90 Å². The van der Waals surface area contributed by atoms with Gasteiger partial charge >= 0.3 is 0 Å². The highest BCUT2D eigenvalue weighted by Crippen LogP contribution is 2.58. The number of benzene rings is 6. The number of nitrogens with zero attached hydrogens (tertiary/aromatic N) is 1. The van der Waals surface area contributed by atoms with Crippen molar-refractivity contribution in [2.24, 2.45) is 0 Å². The topological polar surface area (TPSA) is 21.7 Å². The van der Waals surface area contributed by atoms with Gasteiger partial charge in [0.05, 0.1) is 5.69 Å². The molecule has 0 radical (unpaired) electrons. The third-order valence-corrected chi connectivity index (χ3v) is 12.9. The molecule has 5 heteroatoms. The van der Waals surface area contributed by atoms with E-state index in [0.29, 0.717) is 0 Å². The highest BCUT2D eigenvalue weighted by atomic mass is 32.1. The molecule has 0 saturated carbocycles. The summed E-state index contributed by atoms with van der Waals surface area (Å²) in [7, 11) is 0. The second-order valence-electron chi connectivity index (χ2n) is 16.8. The average Bonchev–Trinajstić information content (AvgIpc) is 3.61. The van der Waals surface area contributed by atoms with Crippen LogP contribution in [0.2, 0.25) is 0 Å². The minimum absolute atomic E-state index is 0.0239. The molecule has 1 aliphatic carbocycles. The largest absolute Gasteiger partial charge is 0.458 e. The fourth-order valence-electron chi connectivity index (χ4n) is 8.93. The summed E-state index contributed by atoms with van der Waals surface area (Å²) >= 11 is 1.86. The Labute approximate surface area is 316 Å². The minimum atomic E-state index is -0.307. The van der Waals surface area contributed by atoms with Crippen molar-refractivity contribution >= 4 is 60.9 Å². The van der Waals surface area contributed by atoms with Gasteiger partial charge in [0.1, 0.15) is 23.0 Å². The van der Waals surface area contributed by atoms with Crippen LogP contribution in [-0.2, 0) is 10.8 Å². The van der Waals surface area contributed by atoms with E-state index in [1.165, 1.54) is 59.3 Å². The van der Waals surface area contributed by atoms with Crippen molar-refractivity contribution in [3.8, 4) is 34.1 Å². The molecule has 1 aromatic heterocycles. The molecule has 0 amide bonds. The number of aryl methyl sites for hydroxylation is 3. The Bertz CT molecular complexity index is 2620. The van der Waals surface area contributed by atoms with E-state index >= 15 is 0 Å². The van der Waals surface area contributed by atoms with Gasteiger partial charge in [-0.15, -0.1) is 11.3 Å². The summed E-state index contributed by atoms with van der Waals surface area (Å²) in [6.07, 6.45) is 0. The molecule has 10 rings (SSSR count). The Kier molecular flexibility index (Phi) is 6.80. The molecule has 0 bridgehead atoms. The molecular formula is C48H42BNO2S. The maximum absolute atomic E-state index is 7.25. The van der Waals surface area contributed by atoms with Crippen molar-refractivity contribution < 1.29 is 9.47 Å². The fraction of sp³-hybridized carbons (Fsp3) is 0.208. The van der Waals surface area contributed by atoms with Crippen molar-refractivity contribution in [3.63, 3.8) is 0 Å². The Morgan fingerprint density at radius 3 is 1.94 bits per heavy atom. The number of hydrogen-bond acceptors (Lipinski definition) is 4. The van der Waals surface area contributed by atoms with Gasteiger partial charge in [-0.3, -0.25) is 0 Å². The number of rotatable bonds is 3. The second-order valence-corrected chi connectivity index (χ2v) is 17.9. The van der Waals surface area contributed by atoms with Crippen LogP contribution in [0.25, 0.3) is 21.2 Å². The van der Waals surface area contributed by atoms with Crippen LogP contribution in [0.3, 0.4) is 0 Å². The van der Waals surface area contributed by atoms with Crippen LogP contribution in [0, 0.1) is 20.8 Å². The van der Waals surface area contributed by atoms with E-state index in [2.05, 4.69) is 169 Å². The molecule has 7 aromatic rings. The fourth-order valence-corrected chi connectivity index (χ4v) is 10.2. The molecule has 0 N–H and O–H groups in total. The first-order chi connectivity index (χ1) is 25.4. The summed E-state index contributed by atoms with van der Waals surface area (Å²) in [6.45, 7) is 18.0. The van der Waals surface area contributed by atoms with Gasteiger partial charge < -0.3 is 14.4 Å². The molecule has 3 nitrogen and oxygen atoms in total. The van der Waals surface area contributed by atoms with Gasteiger partial charge in [0, 0.05) is 48.2 Å². The van der Waals surface area contributed by atoms with Crippen LogP contribution in [0.4, 0.5) is 17.1 Å². The monoisotopic (exact) mass is 707 g/mol. The zero-order valence-corrected chi connectivity index (χ0v) is 32.5. The zero-order valence-electron chi connectivity index (χ0n) is 31.6. The third kappa shape index (κ3) is 4.72. The van der Waals surface area contributed by atoms with E-state index in [0.717, 1.165) is 51.1 Å². The zero-order chi connectivity index (χ0) is 36.6. The SMILES string of the molecule is Cc1ccc(N(c2ccc(C)cc2)c2cc3c(c4c2-c2ccccc2C4(C)C)Oc2cc(C)cc4c2B3c2sc3ccc(C(C)(C)C)cc3c2O4)cc1. The van der Waals surface area contributed by atoms with Crippen molar-refractivity contribution in [1.29, 1.82) is 0 Å². The Morgan fingerprint density at radius 1 is 0.679 bits per heavy atom. The molecule has 3 aliphatic rings. The van der Waals surface area contributed by atoms with Gasteiger partial charge in [0.15, 0.2) is 0 Å². The normalized spacial score (nSPS) is 14.5. The number of hydrogen-bond donors (Lipinski definition) is 0. The third-order valence-electron chi connectivity index (χ3n) is 11.7. The van der Waals surface area contributed by atoms with Crippen LogP contribution < -0.4 is 30.1 Å². The van der Waals surface area contributed by atoms with Crippen molar-refractivity contribution in [2.45, 2.75) is 66.2 Å². The van der Waals surface area contributed by atoms with Crippen LogP contribution in [-0.4, -0.2) is 6.71 Å². The second kappa shape index (κ2) is 11.1. The van der Waals surface area contributed by atoms with Gasteiger partial charge in [0.25, 0.3) is 6.71 Å². The first-order valence-corrected chi connectivity index (χ1v) is 19.5.